The molecular weight excluding hydrogens is 340 g/mol. The van der Waals surface area contributed by atoms with Crippen LogP contribution in [0.25, 0.3) is 10.9 Å². The second-order valence-electron chi connectivity index (χ2n) is 8.23. The van der Waals surface area contributed by atoms with Crippen molar-refractivity contribution in [2.75, 3.05) is 26.2 Å². The van der Waals surface area contributed by atoms with Crippen LogP contribution in [0.3, 0.4) is 0 Å². The Bertz CT molecular complexity index is 903. The normalized spacial score (nSPS) is 23.4. The number of piperidine rings is 2. The van der Waals surface area contributed by atoms with Crippen molar-refractivity contribution in [3.8, 4) is 0 Å². The maximum Gasteiger partial charge on any atom is 0.275 e. The summed E-state index contributed by atoms with van der Waals surface area (Å²) in [6.07, 6.45) is 3.56. The van der Waals surface area contributed by atoms with Crippen LogP contribution in [-0.2, 0) is 11.8 Å². The first-order valence-corrected chi connectivity index (χ1v) is 9.93. The molecule has 2 saturated heterocycles. The number of nitrogens with zero attached hydrogens (tertiary/aromatic N) is 4. The van der Waals surface area contributed by atoms with Gasteiger partial charge in [-0.2, -0.15) is 5.10 Å². The van der Waals surface area contributed by atoms with Crippen LogP contribution in [0.1, 0.15) is 48.7 Å². The van der Waals surface area contributed by atoms with E-state index in [-0.39, 0.29) is 17.2 Å². The summed E-state index contributed by atoms with van der Waals surface area (Å²) >= 11 is 0. The number of hydrogen-bond acceptors (Lipinski definition) is 3. The minimum Gasteiger partial charge on any atom is -0.342 e. The van der Waals surface area contributed by atoms with Gasteiger partial charge in [0, 0.05) is 50.4 Å². The molecule has 6 nitrogen and oxygen atoms in total. The van der Waals surface area contributed by atoms with Crippen molar-refractivity contribution < 1.29 is 9.59 Å². The Morgan fingerprint density at radius 3 is 2.85 bits per heavy atom. The molecule has 2 aliphatic rings. The predicted molar refractivity (Wildman–Crippen MR) is 105 cm³/mol. The number of aromatic nitrogens is 2. The fraction of sp³-hybridized carbons (Fsp3) is 0.571. The molecule has 0 N–H and O–H groups in total. The number of fused-ring (bicyclic) bond motifs is 1. The molecule has 2 aromatic rings. The molecule has 27 heavy (non-hydrogen) atoms. The number of rotatable bonds is 2. The van der Waals surface area contributed by atoms with Crippen LogP contribution in [0.5, 0.6) is 0 Å². The van der Waals surface area contributed by atoms with E-state index in [0.29, 0.717) is 12.1 Å². The number of amides is 2. The van der Waals surface area contributed by atoms with Crippen molar-refractivity contribution in [3.05, 3.63) is 29.5 Å². The third kappa shape index (κ3) is 3.11. The second-order valence-corrected chi connectivity index (χ2v) is 8.23. The Labute approximate surface area is 160 Å². The Morgan fingerprint density at radius 2 is 2.07 bits per heavy atom. The van der Waals surface area contributed by atoms with Gasteiger partial charge >= 0.3 is 0 Å². The summed E-state index contributed by atoms with van der Waals surface area (Å²) in [4.78, 5) is 29.4. The molecule has 0 bridgehead atoms. The highest BCUT2D eigenvalue weighted by atomic mass is 16.2. The van der Waals surface area contributed by atoms with Gasteiger partial charge in [-0.1, -0.05) is 11.6 Å². The lowest BCUT2D eigenvalue weighted by Gasteiger charge is -2.48. The minimum absolute atomic E-state index is 0.0187. The summed E-state index contributed by atoms with van der Waals surface area (Å²) < 4.78 is 1.79. The molecule has 2 amide bonds. The SMILES string of the molecule is CCN1C[C@@]2(CCCN(C(=O)c3nn(C)c4ccc(C)cc34)C2)CCC1=O. The molecule has 6 heteroatoms. The van der Waals surface area contributed by atoms with Crippen molar-refractivity contribution in [1.29, 1.82) is 0 Å². The number of hydrogen-bond donors (Lipinski definition) is 0. The molecule has 3 heterocycles. The zero-order valence-electron chi connectivity index (χ0n) is 16.5. The van der Waals surface area contributed by atoms with E-state index in [9.17, 15) is 9.59 Å². The molecule has 0 radical (unpaired) electrons. The number of carbonyl (C=O) groups excluding carboxylic acids is 2. The quantitative estimate of drug-likeness (QED) is 0.819. The van der Waals surface area contributed by atoms with E-state index in [1.807, 2.05) is 48.9 Å². The largest absolute Gasteiger partial charge is 0.342 e. The average molecular weight is 368 g/mol. The minimum atomic E-state index is 0.0187. The van der Waals surface area contributed by atoms with Crippen molar-refractivity contribution in [2.24, 2.45) is 12.5 Å². The maximum absolute atomic E-state index is 13.3. The summed E-state index contributed by atoms with van der Waals surface area (Å²) in [5.74, 6) is 0.267. The first-order chi connectivity index (χ1) is 12.9. The Hall–Kier alpha value is -2.37. The van der Waals surface area contributed by atoms with Gasteiger partial charge in [0.2, 0.25) is 5.91 Å². The zero-order chi connectivity index (χ0) is 19.2. The van der Waals surface area contributed by atoms with Crippen molar-refractivity contribution in [2.45, 2.75) is 39.5 Å². The third-order valence-corrected chi connectivity index (χ3v) is 6.29. The van der Waals surface area contributed by atoms with Gasteiger partial charge in [-0.05, 0) is 45.2 Å². The highest BCUT2D eigenvalue weighted by Gasteiger charge is 2.42. The van der Waals surface area contributed by atoms with Crippen LogP contribution in [0, 0.1) is 12.3 Å². The van der Waals surface area contributed by atoms with Crippen LogP contribution in [-0.4, -0.2) is 57.6 Å². The molecule has 1 aromatic carbocycles. The number of carbonyl (C=O) groups is 2. The number of benzene rings is 1. The molecule has 1 atom stereocenters. The number of likely N-dealkylation sites (tertiary alicyclic amines) is 2. The van der Waals surface area contributed by atoms with Crippen LogP contribution in [0.2, 0.25) is 0 Å². The molecule has 0 saturated carbocycles. The van der Waals surface area contributed by atoms with E-state index in [2.05, 4.69) is 5.10 Å². The lowest BCUT2D eigenvalue weighted by Crippen LogP contribution is -2.55. The summed E-state index contributed by atoms with van der Waals surface area (Å²) in [6, 6.07) is 6.12. The smallest absolute Gasteiger partial charge is 0.275 e. The van der Waals surface area contributed by atoms with E-state index < -0.39 is 0 Å². The topological polar surface area (TPSA) is 58.4 Å². The Morgan fingerprint density at radius 1 is 1.26 bits per heavy atom. The van der Waals surface area contributed by atoms with Gasteiger partial charge in [0.1, 0.15) is 0 Å². The first kappa shape index (κ1) is 18.0. The molecular formula is C21H28N4O2. The van der Waals surface area contributed by atoms with Crippen LogP contribution in [0.15, 0.2) is 18.2 Å². The highest BCUT2D eigenvalue weighted by Crippen LogP contribution is 2.39. The van der Waals surface area contributed by atoms with E-state index in [1.54, 1.807) is 4.68 Å². The summed E-state index contributed by atoms with van der Waals surface area (Å²) in [5, 5.41) is 5.47. The molecule has 1 spiro atoms. The van der Waals surface area contributed by atoms with E-state index in [1.165, 1.54) is 0 Å². The monoisotopic (exact) mass is 368 g/mol. The maximum atomic E-state index is 13.3. The standard InChI is InChI=1S/C21H28N4O2/c1-4-24-13-21(10-8-18(24)26)9-5-11-25(14-21)20(27)19-16-12-15(2)6-7-17(16)23(3)22-19/h6-7,12H,4-5,8-11,13-14H2,1-3H3/t21-/m1/s1. The van der Waals surface area contributed by atoms with Gasteiger partial charge < -0.3 is 9.80 Å². The number of aryl methyl sites for hydroxylation is 2. The van der Waals surface area contributed by atoms with E-state index in [0.717, 1.165) is 61.9 Å². The predicted octanol–water partition coefficient (Wildman–Crippen LogP) is 2.75. The summed E-state index contributed by atoms with van der Waals surface area (Å²) in [7, 11) is 1.89. The second kappa shape index (κ2) is 6.66. The van der Waals surface area contributed by atoms with Crippen molar-refractivity contribution >= 4 is 22.7 Å². The molecule has 144 valence electrons. The van der Waals surface area contributed by atoms with Crippen molar-refractivity contribution in [1.82, 2.24) is 19.6 Å². The first-order valence-electron chi connectivity index (χ1n) is 9.93. The van der Waals surface area contributed by atoms with Gasteiger partial charge in [0.15, 0.2) is 5.69 Å². The fourth-order valence-corrected chi connectivity index (χ4v) is 4.79. The van der Waals surface area contributed by atoms with Gasteiger partial charge in [0.25, 0.3) is 5.91 Å². The van der Waals surface area contributed by atoms with Gasteiger partial charge in [-0.3, -0.25) is 14.3 Å². The van der Waals surface area contributed by atoms with Crippen LogP contribution < -0.4 is 0 Å². The lowest BCUT2D eigenvalue weighted by molar-refractivity contribution is -0.138. The van der Waals surface area contributed by atoms with Crippen LogP contribution in [0.4, 0.5) is 0 Å². The summed E-state index contributed by atoms with van der Waals surface area (Å²) in [6.45, 7) is 7.08. The molecule has 1 aromatic heterocycles. The van der Waals surface area contributed by atoms with Gasteiger partial charge in [-0.15, -0.1) is 0 Å². The molecule has 0 unspecified atom stereocenters. The highest BCUT2D eigenvalue weighted by molar-refractivity contribution is 6.05. The fourth-order valence-electron chi connectivity index (χ4n) is 4.79. The Kier molecular flexibility index (Phi) is 4.44. The molecule has 2 fully saturated rings. The van der Waals surface area contributed by atoms with E-state index >= 15 is 0 Å². The lowest BCUT2D eigenvalue weighted by atomic mass is 9.73. The molecule has 4 rings (SSSR count). The molecule has 2 aliphatic heterocycles. The Balaban J connectivity index is 1.61. The third-order valence-electron chi connectivity index (χ3n) is 6.29. The zero-order valence-corrected chi connectivity index (χ0v) is 16.5. The van der Waals surface area contributed by atoms with Crippen molar-refractivity contribution in [3.63, 3.8) is 0 Å². The average Bonchev–Trinajstić information content (AvgIpc) is 2.99. The van der Waals surface area contributed by atoms with Gasteiger partial charge in [-0.25, -0.2) is 0 Å². The van der Waals surface area contributed by atoms with Crippen LogP contribution >= 0.6 is 0 Å². The van der Waals surface area contributed by atoms with Gasteiger partial charge in [0.05, 0.1) is 5.52 Å². The van der Waals surface area contributed by atoms with E-state index in [4.69, 9.17) is 0 Å². The summed E-state index contributed by atoms with van der Waals surface area (Å²) in [5.41, 5.74) is 2.70. The molecule has 0 aliphatic carbocycles.